The lowest BCUT2D eigenvalue weighted by Crippen LogP contribution is -2.38. The quantitative estimate of drug-likeness (QED) is 0.673. The minimum atomic E-state index is -0.131. The van der Waals surface area contributed by atoms with E-state index in [4.69, 9.17) is 14.2 Å². The van der Waals surface area contributed by atoms with Gasteiger partial charge in [-0.05, 0) is 67.9 Å². The van der Waals surface area contributed by atoms with Crippen molar-refractivity contribution in [2.24, 2.45) is 0 Å². The van der Waals surface area contributed by atoms with E-state index in [-0.39, 0.29) is 31.0 Å². The maximum absolute atomic E-state index is 12.3. The molecule has 6 nitrogen and oxygen atoms in total. The SMILES string of the molecule is COc1ccc(OCC(=O)NCC(c2ccc(OC)cc2)N2CCCC2)cc1.Cl. The predicted molar refractivity (Wildman–Crippen MR) is 115 cm³/mol. The second-order valence-corrected chi connectivity index (χ2v) is 6.80. The average Bonchev–Trinajstić information content (AvgIpc) is 3.28. The first-order valence-corrected chi connectivity index (χ1v) is 9.61. The highest BCUT2D eigenvalue weighted by atomic mass is 35.5. The number of nitrogens with one attached hydrogen (secondary N) is 1. The molecule has 1 atom stereocenters. The minimum Gasteiger partial charge on any atom is -0.497 e. The Kier molecular flexibility index (Phi) is 9.09. The molecule has 1 N–H and O–H groups in total. The number of methoxy groups -OCH3 is 2. The van der Waals surface area contributed by atoms with Crippen LogP contribution in [0.15, 0.2) is 48.5 Å². The normalized spacial score (nSPS) is 14.6. The van der Waals surface area contributed by atoms with Crippen LogP contribution in [0.1, 0.15) is 24.4 Å². The number of hydrogen-bond donors (Lipinski definition) is 1. The summed E-state index contributed by atoms with van der Waals surface area (Å²) in [6, 6.07) is 15.4. The first-order valence-electron chi connectivity index (χ1n) is 9.61. The summed E-state index contributed by atoms with van der Waals surface area (Å²) in [5, 5.41) is 3.02. The van der Waals surface area contributed by atoms with Crippen molar-refractivity contribution in [3.8, 4) is 17.2 Å². The molecule has 0 aliphatic carbocycles. The zero-order valence-corrected chi connectivity index (χ0v) is 17.7. The molecule has 1 unspecified atom stereocenters. The van der Waals surface area contributed by atoms with E-state index in [2.05, 4.69) is 22.3 Å². The lowest BCUT2D eigenvalue weighted by Gasteiger charge is -2.28. The molecule has 1 amide bonds. The van der Waals surface area contributed by atoms with Crippen LogP contribution in [0.4, 0.5) is 0 Å². The Morgan fingerprint density at radius 1 is 0.931 bits per heavy atom. The van der Waals surface area contributed by atoms with Crippen molar-refractivity contribution in [1.82, 2.24) is 10.2 Å². The van der Waals surface area contributed by atoms with Crippen LogP contribution in [0.2, 0.25) is 0 Å². The molecule has 1 aliphatic heterocycles. The molecule has 0 radical (unpaired) electrons. The van der Waals surface area contributed by atoms with Gasteiger partial charge >= 0.3 is 0 Å². The van der Waals surface area contributed by atoms with Gasteiger partial charge in [0.1, 0.15) is 17.2 Å². The van der Waals surface area contributed by atoms with Crippen LogP contribution < -0.4 is 19.5 Å². The van der Waals surface area contributed by atoms with E-state index < -0.39 is 0 Å². The fourth-order valence-electron chi connectivity index (χ4n) is 3.42. The van der Waals surface area contributed by atoms with Gasteiger partial charge in [-0.1, -0.05) is 12.1 Å². The molecule has 7 heteroatoms. The average molecular weight is 421 g/mol. The Bertz CT molecular complexity index is 746. The Morgan fingerprint density at radius 3 is 2.00 bits per heavy atom. The Labute approximate surface area is 178 Å². The molecule has 2 aromatic rings. The molecule has 0 bridgehead atoms. The topological polar surface area (TPSA) is 60.0 Å². The molecule has 158 valence electrons. The molecule has 0 saturated carbocycles. The molecular weight excluding hydrogens is 392 g/mol. The lowest BCUT2D eigenvalue weighted by atomic mass is 10.1. The second-order valence-electron chi connectivity index (χ2n) is 6.80. The van der Waals surface area contributed by atoms with Crippen LogP contribution in [-0.4, -0.2) is 51.3 Å². The van der Waals surface area contributed by atoms with Gasteiger partial charge in [0.05, 0.1) is 20.3 Å². The molecular formula is C22H29ClN2O4. The number of likely N-dealkylation sites (tertiary alicyclic amines) is 1. The van der Waals surface area contributed by atoms with Gasteiger partial charge in [-0.15, -0.1) is 12.4 Å². The van der Waals surface area contributed by atoms with E-state index in [1.807, 2.05) is 12.1 Å². The summed E-state index contributed by atoms with van der Waals surface area (Å²) in [7, 11) is 3.28. The number of carbonyl (C=O) groups excluding carboxylic acids is 1. The van der Waals surface area contributed by atoms with Gasteiger partial charge < -0.3 is 19.5 Å². The molecule has 1 fully saturated rings. The third-order valence-electron chi connectivity index (χ3n) is 5.00. The Morgan fingerprint density at radius 2 is 1.45 bits per heavy atom. The van der Waals surface area contributed by atoms with Gasteiger partial charge in [-0.2, -0.15) is 0 Å². The van der Waals surface area contributed by atoms with Crippen LogP contribution in [0.3, 0.4) is 0 Å². The number of rotatable bonds is 9. The zero-order valence-electron chi connectivity index (χ0n) is 16.9. The van der Waals surface area contributed by atoms with Gasteiger partial charge in [0.15, 0.2) is 6.61 Å². The first kappa shape index (κ1) is 22.8. The number of ether oxygens (including phenoxy) is 3. The van der Waals surface area contributed by atoms with Crippen molar-refractivity contribution in [3.05, 3.63) is 54.1 Å². The molecule has 1 aliphatic rings. The zero-order chi connectivity index (χ0) is 19.8. The van der Waals surface area contributed by atoms with Crippen LogP contribution in [-0.2, 0) is 4.79 Å². The van der Waals surface area contributed by atoms with E-state index in [1.54, 1.807) is 38.5 Å². The largest absolute Gasteiger partial charge is 0.497 e. The van der Waals surface area contributed by atoms with E-state index in [1.165, 1.54) is 18.4 Å². The highest BCUT2D eigenvalue weighted by Gasteiger charge is 2.24. The van der Waals surface area contributed by atoms with Crippen LogP contribution >= 0.6 is 12.4 Å². The molecule has 1 heterocycles. The van der Waals surface area contributed by atoms with Gasteiger partial charge in [-0.3, -0.25) is 9.69 Å². The summed E-state index contributed by atoms with van der Waals surface area (Å²) in [5.74, 6) is 2.10. The van der Waals surface area contributed by atoms with E-state index in [0.29, 0.717) is 12.3 Å². The Balaban J connectivity index is 0.00000300. The van der Waals surface area contributed by atoms with Gasteiger partial charge in [-0.25, -0.2) is 0 Å². The van der Waals surface area contributed by atoms with E-state index in [9.17, 15) is 4.79 Å². The first-order chi connectivity index (χ1) is 13.7. The number of amides is 1. The maximum Gasteiger partial charge on any atom is 0.258 e. The monoisotopic (exact) mass is 420 g/mol. The third-order valence-corrected chi connectivity index (χ3v) is 5.00. The molecule has 0 aromatic heterocycles. The highest BCUT2D eigenvalue weighted by Crippen LogP contribution is 2.26. The van der Waals surface area contributed by atoms with Crippen LogP contribution in [0.25, 0.3) is 0 Å². The number of hydrogen-bond acceptors (Lipinski definition) is 5. The van der Waals surface area contributed by atoms with Crippen molar-refractivity contribution in [1.29, 1.82) is 0 Å². The summed E-state index contributed by atoms with van der Waals surface area (Å²) < 4.78 is 15.9. The third kappa shape index (κ3) is 6.54. The van der Waals surface area contributed by atoms with Crippen molar-refractivity contribution in [2.75, 3.05) is 40.5 Å². The molecule has 0 spiro atoms. The summed E-state index contributed by atoms with van der Waals surface area (Å²) in [5.41, 5.74) is 1.18. The van der Waals surface area contributed by atoms with Gasteiger partial charge in [0.2, 0.25) is 0 Å². The predicted octanol–water partition coefficient (Wildman–Crippen LogP) is 3.46. The second kappa shape index (κ2) is 11.5. The lowest BCUT2D eigenvalue weighted by molar-refractivity contribution is -0.123. The highest BCUT2D eigenvalue weighted by molar-refractivity contribution is 5.85. The standard InChI is InChI=1S/C22H28N2O4.ClH/c1-26-18-7-5-17(6-8-18)21(24-13-3-4-14-24)15-23-22(25)16-28-20-11-9-19(27-2)10-12-20;/h5-12,21H,3-4,13-16H2,1-2H3,(H,23,25);1H. The number of halogens is 1. The molecule has 2 aromatic carbocycles. The van der Waals surface area contributed by atoms with Crippen LogP contribution in [0, 0.1) is 0 Å². The number of nitrogens with zero attached hydrogens (tertiary/aromatic N) is 1. The fraction of sp³-hybridized carbons (Fsp3) is 0.409. The van der Waals surface area contributed by atoms with Crippen molar-refractivity contribution in [2.45, 2.75) is 18.9 Å². The van der Waals surface area contributed by atoms with Crippen molar-refractivity contribution >= 4 is 18.3 Å². The summed E-state index contributed by atoms with van der Waals surface area (Å²) in [6.45, 7) is 2.64. The van der Waals surface area contributed by atoms with Crippen molar-refractivity contribution in [3.63, 3.8) is 0 Å². The van der Waals surface area contributed by atoms with Crippen molar-refractivity contribution < 1.29 is 19.0 Å². The van der Waals surface area contributed by atoms with Gasteiger partial charge in [0.25, 0.3) is 5.91 Å². The minimum absolute atomic E-state index is 0. The molecule has 29 heavy (non-hydrogen) atoms. The summed E-state index contributed by atoms with van der Waals surface area (Å²) >= 11 is 0. The molecule has 3 rings (SSSR count). The van der Waals surface area contributed by atoms with Gasteiger partial charge in [0, 0.05) is 6.54 Å². The van der Waals surface area contributed by atoms with E-state index >= 15 is 0 Å². The number of carbonyl (C=O) groups is 1. The molecule has 1 saturated heterocycles. The smallest absolute Gasteiger partial charge is 0.258 e. The summed E-state index contributed by atoms with van der Waals surface area (Å²) in [4.78, 5) is 14.7. The number of benzene rings is 2. The van der Waals surface area contributed by atoms with Crippen LogP contribution in [0.5, 0.6) is 17.2 Å². The Hall–Kier alpha value is -2.44. The fourth-order valence-corrected chi connectivity index (χ4v) is 3.42. The van der Waals surface area contributed by atoms with E-state index in [0.717, 1.165) is 24.6 Å². The summed E-state index contributed by atoms with van der Waals surface area (Å²) in [6.07, 6.45) is 2.39. The maximum atomic E-state index is 12.3.